The van der Waals surface area contributed by atoms with Gasteiger partial charge >= 0.3 is 0 Å². The smallest absolute Gasteiger partial charge is 0.00436 e. The quantitative estimate of drug-likeness (QED) is 0.710. The van der Waals surface area contributed by atoms with Crippen molar-refractivity contribution >= 4 is 0 Å². The molecule has 0 amide bonds. The van der Waals surface area contributed by atoms with Gasteiger partial charge in [0.2, 0.25) is 0 Å². The molecule has 0 bridgehead atoms. The van der Waals surface area contributed by atoms with Gasteiger partial charge in [-0.3, -0.25) is 0 Å². The molecular weight excluding hydrogens is 170 g/mol. The second kappa shape index (κ2) is 5.75. The lowest BCUT2D eigenvalue weighted by Crippen LogP contribution is -2.36. The fourth-order valence-electron chi connectivity index (χ4n) is 2.71. The van der Waals surface area contributed by atoms with Crippen LogP contribution in [0.15, 0.2) is 0 Å². The predicted molar refractivity (Wildman–Crippen MR) is 63.5 cm³/mol. The SMILES string of the molecule is CCCC1(CCC(C)C)CCNCC1. The number of nitrogens with one attached hydrogen (secondary N) is 1. The Morgan fingerprint density at radius 3 is 2.29 bits per heavy atom. The summed E-state index contributed by atoms with van der Waals surface area (Å²) in [6.07, 6.45) is 8.50. The van der Waals surface area contributed by atoms with Crippen molar-refractivity contribution in [3.8, 4) is 0 Å². The molecular formula is C13H27N. The second-order valence-electron chi connectivity index (χ2n) is 5.43. The Hall–Kier alpha value is -0.0400. The lowest BCUT2D eigenvalue weighted by molar-refractivity contribution is 0.156. The van der Waals surface area contributed by atoms with Gasteiger partial charge in [0.1, 0.15) is 0 Å². The third-order valence-corrected chi connectivity index (χ3v) is 3.70. The Kier molecular flexibility index (Phi) is 4.94. The van der Waals surface area contributed by atoms with Crippen molar-refractivity contribution in [2.24, 2.45) is 11.3 Å². The maximum Gasteiger partial charge on any atom is -0.00436 e. The third kappa shape index (κ3) is 3.61. The summed E-state index contributed by atoms with van der Waals surface area (Å²) in [6.45, 7) is 9.52. The van der Waals surface area contributed by atoms with Crippen LogP contribution in [0.2, 0.25) is 0 Å². The van der Waals surface area contributed by atoms with Crippen LogP contribution in [0.4, 0.5) is 0 Å². The van der Waals surface area contributed by atoms with E-state index in [-0.39, 0.29) is 0 Å². The first-order valence-electron chi connectivity index (χ1n) is 6.39. The minimum absolute atomic E-state index is 0.699. The van der Waals surface area contributed by atoms with E-state index in [1.54, 1.807) is 0 Å². The first-order valence-corrected chi connectivity index (χ1v) is 6.39. The van der Waals surface area contributed by atoms with E-state index in [0.717, 1.165) is 5.92 Å². The zero-order valence-electron chi connectivity index (χ0n) is 10.2. The molecule has 1 heterocycles. The average molecular weight is 197 g/mol. The maximum absolute atomic E-state index is 3.49. The van der Waals surface area contributed by atoms with Gasteiger partial charge in [0.05, 0.1) is 0 Å². The third-order valence-electron chi connectivity index (χ3n) is 3.70. The van der Waals surface area contributed by atoms with Crippen LogP contribution in [0.3, 0.4) is 0 Å². The van der Waals surface area contributed by atoms with Gasteiger partial charge in [0.15, 0.2) is 0 Å². The average Bonchev–Trinajstić information content (AvgIpc) is 2.17. The summed E-state index contributed by atoms with van der Waals surface area (Å²) in [7, 11) is 0. The molecule has 0 aliphatic carbocycles. The van der Waals surface area contributed by atoms with Crippen molar-refractivity contribution < 1.29 is 0 Å². The molecule has 1 saturated heterocycles. The van der Waals surface area contributed by atoms with Crippen molar-refractivity contribution in [2.45, 2.75) is 59.3 Å². The van der Waals surface area contributed by atoms with E-state index in [2.05, 4.69) is 26.1 Å². The first kappa shape index (κ1) is 12.0. The molecule has 1 aliphatic heterocycles. The molecule has 84 valence electrons. The molecule has 1 heteroatoms. The minimum Gasteiger partial charge on any atom is -0.317 e. The topological polar surface area (TPSA) is 12.0 Å². The van der Waals surface area contributed by atoms with E-state index in [4.69, 9.17) is 0 Å². The number of hydrogen-bond acceptors (Lipinski definition) is 1. The van der Waals surface area contributed by atoms with E-state index < -0.39 is 0 Å². The summed E-state index contributed by atoms with van der Waals surface area (Å²) >= 11 is 0. The van der Waals surface area contributed by atoms with Crippen LogP contribution in [-0.4, -0.2) is 13.1 Å². The molecule has 0 spiro atoms. The zero-order chi connectivity index (χ0) is 10.4. The molecule has 0 atom stereocenters. The van der Waals surface area contributed by atoms with Crippen LogP contribution >= 0.6 is 0 Å². The molecule has 1 N–H and O–H groups in total. The van der Waals surface area contributed by atoms with E-state index >= 15 is 0 Å². The Morgan fingerprint density at radius 1 is 1.14 bits per heavy atom. The Bertz CT molecular complexity index is 140. The monoisotopic (exact) mass is 197 g/mol. The van der Waals surface area contributed by atoms with Gasteiger partial charge < -0.3 is 5.32 Å². The molecule has 1 nitrogen and oxygen atoms in total. The molecule has 0 aromatic carbocycles. The molecule has 1 aliphatic rings. The summed E-state index contributed by atoms with van der Waals surface area (Å²) in [6, 6.07) is 0. The fraction of sp³-hybridized carbons (Fsp3) is 1.00. The van der Waals surface area contributed by atoms with Crippen LogP contribution in [-0.2, 0) is 0 Å². The summed E-state index contributed by atoms with van der Waals surface area (Å²) in [5, 5.41) is 3.49. The molecule has 0 unspecified atom stereocenters. The molecule has 0 saturated carbocycles. The van der Waals surface area contributed by atoms with E-state index in [1.807, 2.05) is 0 Å². The number of rotatable bonds is 5. The molecule has 0 aromatic heterocycles. The Balaban J connectivity index is 2.42. The number of piperidine rings is 1. The van der Waals surface area contributed by atoms with Crippen LogP contribution in [0, 0.1) is 11.3 Å². The van der Waals surface area contributed by atoms with Crippen molar-refractivity contribution in [3.05, 3.63) is 0 Å². The van der Waals surface area contributed by atoms with Gasteiger partial charge in [0, 0.05) is 0 Å². The summed E-state index contributed by atoms with van der Waals surface area (Å²) in [5.74, 6) is 0.874. The second-order valence-corrected chi connectivity index (χ2v) is 5.43. The largest absolute Gasteiger partial charge is 0.317 e. The Labute approximate surface area is 89.7 Å². The zero-order valence-corrected chi connectivity index (χ0v) is 10.2. The Morgan fingerprint density at radius 2 is 1.79 bits per heavy atom. The van der Waals surface area contributed by atoms with Gasteiger partial charge in [-0.2, -0.15) is 0 Å². The van der Waals surface area contributed by atoms with Gasteiger partial charge in [-0.05, 0) is 50.1 Å². The van der Waals surface area contributed by atoms with Crippen LogP contribution in [0.25, 0.3) is 0 Å². The van der Waals surface area contributed by atoms with Gasteiger partial charge in [0.25, 0.3) is 0 Å². The highest BCUT2D eigenvalue weighted by atomic mass is 14.9. The highest BCUT2D eigenvalue weighted by molar-refractivity contribution is 4.84. The standard InChI is InChI=1S/C13H27N/c1-4-6-13(7-5-12(2)3)8-10-14-11-9-13/h12,14H,4-11H2,1-3H3. The van der Waals surface area contributed by atoms with Crippen LogP contribution in [0.1, 0.15) is 59.3 Å². The van der Waals surface area contributed by atoms with Crippen molar-refractivity contribution in [1.29, 1.82) is 0 Å². The van der Waals surface area contributed by atoms with Crippen LogP contribution < -0.4 is 5.32 Å². The maximum atomic E-state index is 3.49. The normalized spacial score (nSPS) is 21.4. The van der Waals surface area contributed by atoms with Crippen molar-refractivity contribution in [2.75, 3.05) is 13.1 Å². The first-order chi connectivity index (χ1) is 6.68. The number of hydrogen-bond donors (Lipinski definition) is 1. The fourth-order valence-corrected chi connectivity index (χ4v) is 2.71. The van der Waals surface area contributed by atoms with Gasteiger partial charge in [-0.25, -0.2) is 0 Å². The summed E-state index contributed by atoms with van der Waals surface area (Å²) in [4.78, 5) is 0. The highest BCUT2D eigenvalue weighted by Gasteiger charge is 2.30. The molecule has 0 aromatic rings. The van der Waals surface area contributed by atoms with Gasteiger partial charge in [-0.1, -0.05) is 33.6 Å². The molecule has 1 rings (SSSR count). The molecule has 14 heavy (non-hydrogen) atoms. The predicted octanol–water partition coefficient (Wildman–Crippen LogP) is 3.59. The van der Waals surface area contributed by atoms with Crippen LogP contribution in [0.5, 0.6) is 0 Å². The summed E-state index contributed by atoms with van der Waals surface area (Å²) in [5.41, 5.74) is 0.699. The van der Waals surface area contributed by atoms with E-state index in [1.165, 1.54) is 51.6 Å². The summed E-state index contributed by atoms with van der Waals surface area (Å²) < 4.78 is 0. The van der Waals surface area contributed by atoms with E-state index in [0.29, 0.717) is 5.41 Å². The van der Waals surface area contributed by atoms with Gasteiger partial charge in [-0.15, -0.1) is 0 Å². The van der Waals surface area contributed by atoms with E-state index in [9.17, 15) is 0 Å². The molecule has 0 radical (unpaired) electrons. The van der Waals surface area contributed by atoms with Crippen molar-refractivity contribution in [1.82, 2.24) is 5.32 Å². The molecule has 1 fully saturated rings. The van der Waals surface area contributed by atoms with Crippen molar-refractivity contribution in [3.63, 3.8) is 0 Å². The lowest BCUT2D eigenvalue weighted by Gasteiger charge is -2.38. The highest BCUT2D eigenvalue weighted by Crippen LogP contribution is 2.39. The lowest BCUT2D eigenvalue weighted by atomic mass is 9.71. The minimum atomic E-state index is 0.699.